The van der Waals surface area contributed by atoms with Gasteiger partial charge in [0.2, 0.25) is 0 Å². The Hall–Kier alpha value is -3.61. The molecule has 8 heteroatoms. The van der Waals surface area contributed by atoms with Crippen molar-refractivity contribution in [1.82, 2.24) is 24.1 Å². The first kappa shape index (κ1) is 19.1. The third kappa shape index (κ3) is 2.99. The van der Waals surface area contributed by atoms with Crippen LogP contribution < -0.4 is 5.32 Å². The molecule has 0 radical (unpaired) electrons. The van der Waals surface area contributed by atoms with Crippen molar-refractivity contribution in [1.29, 1.82) is 0 Å². The zero-order chi connectivity index (χ0) is 21.8. The molecule has 0 atom stereocenters. The van der Waals surface area contributed by atoms with Crippen molar-refractivity contribution in [3.05, 3.63) is 94.5 Å². The van der Waals surface area contributed by atoms with Crippen molar-refractivity contribution >= 4 is 51.7 Å². The minimum Gasteiger partial charge on any atom is -0.353 e. The monoisotopic (exact) mass is 458 g/mol. The molecule has 3 aromatic heterocycles. The van der Waals surface area contributed by atoms with Gasteiger partial charge in [-0.25, -0.2) is 9.97 Å². The first-order chi connectivity index (χ1) is 15.6. The Morgan fingerprint density at radius 3 is 2.62 bits per heavy atom. The number of hydrogen-bond acceptors (Lipinski definition) is 4. The molecule has 0 aliphatic carbocycles. The van der Waals surface area contributed by atoms with Crippen LogP contribution in [0.1, 0.15) is 17.2 Å². The highest BCUT2D eigenvalue weighted by molar-refractivity contribution is 6.42. The number of anilines is 1. The summed E-state index contributed by atoms with van der Waals surface area (Å²) in [7, 11) is 0. The number of aromatic nitrogens is 5. The third-order valence-electron chi connectivity index (χ3n) is 5.57. The topological polar surface area (TPSA) is 60.6 Å². The normalized spacial score (nSPS) is 12.7. The molecule has 1 N–H and O–H groups in total. The molecule has 2 aromatic carbocycles. The van der Waals surface area contributed by atoms with Crippen molar-refractivity contribution in [2.24, 2.45) is 0 Å². The number of hydrogen-bond donors (Lipinski definition) is 1. The van der Waals surface area contributed by atoms with E-state index in [1.54, 1.807) is 18.6 Å². The van der Waals surface area contributed by atoms with Crippen LogP contribution in [0, 0.1) is 6.92 Å². The Morgan fingerprint density at radius 2 is 1.78 bits per heavy atom. The van der Waals surface area contributed by atoms with Gasteiger partial charge in [0.05, 0.1) is 33.1 Å². The van der Waals surface area contributed by atoms with Crippen molar-refractivity contribution in [2.75, 3.05) is 5.32 Å². The van der Waals surface area contributed by atoms with Gasteiger partial charge < -0.3 is 5.32 Å². The van der Waals surface area contributed by atoms with Crippen LogP contribution in [0.2, 0.25) is 10.0 Å². The van der Waals surface area contributed by atoms with Gasteiger partial charge >= 0.3 is 0 Å². The fourth-order valence-electron chi connectivity index (χ4n) is 4.10. The molecule has 0 spiro atoms. The van der Waals surface area contributed by atoms with E-state index in [1.807, 2.05) is 42.0 Å². The number of halogens is 2. The molecule has 0 fully saturated rings. The molecule has 4 heterocycles. The summed E-state index contributed by atoms with van der Waals surface area (Å²) in [5.41, 5.74) is 6.62. The maximum Gasteiger partial charge on any atom is 0.139 e. The molecule has 0 saturated heterocycles. The van der Waals surface area contributed by atoms with Crippen LogP contribution in [0.4, 0.5) is 5.69 Å². The summed E-state index contributed by atoms with van der Waals surface area (Å²) < 4.78 is 4.11. The van der Waals surface area contributed by atoms with Gasteiger partial charge in [0, 0.05) is 36.1 Å². The lowest BCUT2D eigenvalue weighted by Crippen LogP contribution is -2.01. The summed E-state index contributed by atoms with van der Waals surface area (Å²) in [6, 6.07) is 14.0. The van der Waals surface area contributed by atoms with Gasteiger partial charge in [-0.1, -0.05) is 35.3 Å². The minimum atomic E-state index is 0.494. The van der Waals surface area contributed by atoms with Crippen LogP contribution in [0.5, 0.6) is 0 Å². The average Bonchev–Trinajstić information content (AvgIpc) is 3.35. The van der Waals surface area contributed by atoms with E-state index < -0.39 is 0 Å². The first-order valence-electron chi connectivity index (χ1n) is 10.00. The number of fused-ring (bicyclic) bond motifs is 4. The second-order valence-electron chi connectivity index (χ2n) is 7.53. The van der Waals surface area contributed by atoms with Crippen LogP contribution in [-0.4, -0.2) is 24.1 Å². The van der Waals surface area contributed by atoms with E-state index in [-0.39, 0.29) is 0 Å². The smallest absolute Gasteiger partial charge is 0.139 e. The van der Waals surface area contributed by atoms with Crippen LogP contribution in [0.3, 0.4) is 0 Å². The molecule has 0 saturated carbocycles. The first-order valence-corrected chi connectivity index (χ1v) is 10.8. The Bertz CT molecular complexity index is 1530. The van der Waals surface area contributed by atoms with E-state index in [9.17, 15) is 0 Å². The molecular formula is C24H16Cl2N6. The van der Waals surface area contributed by atoms with Gasteiger partial charge in [-0.2, -0.15) is 0 Å². The molecule has 6 rings (SSSR count). The molecule has 1 aliphatic rings. The Labute approximate surface area is 193 Å². The Kier molecular flexibility index (Phi) is 4.31. The zero-order valence-electron chi connectivity index (χ0n) is 16.9. The summed E-state index contributed by atoms with van der Waals surface area (Å²) in [6.45, 7) is 1.99. The lowest BCUT2D eigenvalue weighted by molar-refractivity contribution is 1.00. The molecule has 0 unspecified atom stereocenters. The summed E-state index contributed by atoms with van der Waals surface area (Å²) >= 11 is 12.6. The summed E-state index contributed by atoms with van der Waals surface area (Å²) in [5, 5.41) is 4.49. The number of nitrogens with zero attached hydrogens (tertiary/aromatic N) is 5. The van der Waals surface area contributed by atoms with Crippen LogP contribution in [-0.2, 0) is 0 Å². The molecule has 32 heavy (non-hydrogen) atoms. The number of benzene rings is 2. The number of imidazole rings is 2. The fraction of sp³-hybridized carbons (Fsp3) is 0.0417. The number of pyridine rings is 1. The molecule has 1 aliphatic heterocycles. The van der Waals surface area contributed by atoms with Crippen LogP contribution in [0.25, 0.3) is 34.2 Å². The summed E-state index contributed by atoms with van der Waals surface area (Å²) in [6.07, 6.45) is 9.26. The quantitative estimate of drug-likeness (QED) is 0.344. The van der Waals surface area contributed by atoms with Crippen LogP contribution in [0.15, 0.2) is 67.3 Å². The molecule has 0 amide bonds. The van der Waals surface area contributed by atoms with Crippen molar-refractivity contribution in [2.45, 2.75) is 6.92 Å². The largest absolute Gasteiger partial charge is 0.353 e. The SMILES string of the molecule is Cc1nc2cnccc2n1-c1ccc(C2=Cc3nccn3-c3cc(Cl)c(Cl)cc3N2)cc1. The zero-order valence-corrected chi connectivity index (χ0v) is 18.4. The predicted molar refractivity (Wildman–Crippen MR) is 129 cm³/mol. The van der Waals surface area contributed by atoms with E-state index in [2.05, 4.69) is 49.1 Å². The lowest BCUT2D eigenvalue weighted by Gasteiger charge is -2.14. The highest BCUT2D eigenvalue weighted by Gasteiger charge is 2.18. The van der Waals surface area contributed by atoms with Crippen molar-refractivity contribution in [3.63, 3.8) is 0 Å². The van der Waals surface area contributed by atoms with Crippen molar-refractivity contribution < 1.29 is 0 Å². The second-order valence-corrected chi connectivity index (χ2v) is 8.34. The standard InChI is InChI=1S/C24H16Cl2N6/c1-14-29-21-13-27-7-6-22(21)32(14)16-4-2-15(3-5-16)19-12-24-28-8-9-31(24)23-11-18(26)17(25)10-20(23)30-19/h2-13,30H,1H3. The van der Waals surface area contributed by atoms with E-state index in [4.69, 9.17) is 23.2 Å². The Morgan fingerprint density at radius 1 is 0.969 bits per heavy atom. The van der Waals surface area contributed by atoms with Gasteiger partial charge in [0.1, 0.15) is 17.2 Å². The van der Waals surface area contributed by atoms with E-state index in [1.165, 1.54) is 0 Å². The summed E-state index contributed by atoms with van der Waals surface area (Å²) in [5.74, 6) is 1.72. The average molecular weight is 459 g/mol. The molecule has 0 bridgehead atoms. The maximum atomic E-state index is 6.30. The molecule has 6 nitrogen and oxygen atoms in total. The van der Waals surface area contributed by atoms with E-state index in [0.29, 0.717) is 10.0 Å². The molecule has 5 aromatic rings. The lowest BCUT2D eigenvalue weighted by atomic mass is 10.1. The van der Waals surface area contributed by atoms with Gasteiger partial charge in [-0.3, -0.25) is 14.1 Å². The predicted octanol–water partition coefficient (Wildman–Crippen LogP) is 6.15. The van der Waals surface area contributed by atoms with Gasteiger partial charge in [0.25, 0.3) is 0 Å². The highest BCUT2D eigenvalue weighted by atomic mass is 35.5. The van der Waals surface area contributed by atoms with Gasteiger partial charge in [-0.05, 0) is 42.8 Å². The van der Waals surface area contributed by atoms with Gasteiger partial charge in [0.15, 0.2) is 0 Å². The van der Waals surface area contributed by atoms with Gasteiger partial charge in [-0.15, -0.1) is 0 Å². The Balaban J connectivity index is 1.44. The second kappa shape index (κ2) is 7.22. The highest BCUT2D eigenvalue weighted by Crippen LogP contribution is 2.36. The minimum absolute atomic E-state index is 0.494. The number of rotatable bonds is 2. The maximum absolute atomic E-state index is 6.30. The number of nitrogens with one attached hydrogen (secondary N) is 1. The van der Waals surface area contributed by atoms with E-state index >= 15 is 0 Å². The summed E-state index contributed by atoms with van der Waals surface area (Å²) in [4.78, 5) is 13.3. The molecule has 156 valence electrons. The van der Waals surface area contributed by atoms with E-state index in [0.717, 1.165) is 51.0 Å². The van der Waals surface area contributed by atoms with Crippen LogP contribution >= 0.6 is 23.2 Å². The fourth-order valence-corrected chi connectivity index (χ4v) is 4.42. The number of aryl methyl sites for hydroxylation is 1. The van der Waals surface area contributed by atoms with Crippen molar-refractivity contribution in [3.8, 4) is 11.4 Å². The molecular weight excluding hydrogens is 443 g/mol. The third-order valence-corrected chi connectivity index (χ3v) is 6.29.